The zero-order valence-corrected chi connectivity index (χ0v) is 43.3. The molecule has 25 nitrogen and oxygen atoms in total. The predicted molar refractivity (Wildman–Crippen MR) is 277 cm³/mol. The highest BCUT2D eigenvalue weighted by Crippen LogP contribution is 2.32. The molecule has 0 unspecified atom stereocenters. The molecule has 6 amide bonds. The van der Waals surface area contributed by atoms with Crippen LogP contribution in [0.15, 0.2) is 61.4 Å². The highest BCUT2D eigenvalue weighted by molar-refractivity contribution is 5.98. The van der Waals surface area contributed by atoms with E-state index in [2.05, 4.69) is 48.1 Å². The summed E-state index contributed by atoms with van der Waals surface area (Å²) >= 11 is 0. The minimum atomic E-state index is -0.716. The van der Waals surface area contributed by atoms with E-state index in [0.717, 1.165) is 12.0 Å². The van der Waals surface area contributed by atoms with Crippen LogP contribution in [-0.4, -0.2) is 165 Å². The van der Waals surface area contributed by atoms with Crippen molar-refractivity contribution in [1.82, 2.24) is 54.8 Å². The van der Waals surface area contributed by atoms with Crippen LogP contribution in [0.1, 0.15) is 58.9 Å². The number of fused-ring (bicyclic) bond motifs is 2. The van der Waals surface area contributed by atoms with E-state index in [0.29, 0.717) is 72.8 Å². The number of rotatable bonds is 16. The Bertz CT molecular complexity index is 3050. The van der Waals surface area contributed by atoms with Crippen LogP contribution in [0.3, 0.4) is 0 Å². The molecule has 5 aromatic rings. The third kappa shape index (κ3) is 13.4. The molecule has 2 aliphatic rings. The lowest BCUT2D eigenvalue weighted by atomic mass is 9.90. The molecule has 4 N–H and O–H groups in total. The predicted octanol–water partition coefficient (Wildman–Crippen LogP) is 3.39. The standard InChI is InChI=1S/C51H62N16O9/c1-32-14-21-64(41(69)11-18-52)27-38(32)62(5)44-36-16-24-67(46(36)59-30-57-44)49(73)56-26-43(71)75-29-34-15-22-65(42(70)12-19-53)28-39(34)63(6)45-37-17-23-66(47(37)60-31-58-45)48(72)55-25-40(68)61-35-9-7-33(8-10-35)13-20-54-50(74)76-51(2,3)4/h7-10,16-17,23-24,30-32,34,38-39H,11-15,20-22,25-29H2,1-6H3,(H,54,74)(H,55,72)(H,56,73)(H,61,68)/t32-,34+,38+,39+/m1/s1. The molecule has 0 radical (unpaired) electrons. The fourth-order valence-electron chi connectivity index (χ4n) is 9.37. The summed E-state index contributed by atoms with van der Waals surface area (Å²) in [7, 11) is 3.62. The third-order valence-electron chi connectivity index (χ3n) is 13.4. The van der Waals surface area contributed by atoms with Gasteiger partial charge < -0.3 is 50.3 Å². The maximum absolute atomic E-state index is 13.5. The molecule has 2 saturated heterocycles. The summed E-state index contributed by atoms with van der Waals surface area (Å²) in [4.78, 5) is 115. The number of amides is 6. The second kappa shape index (κ2) is 24.4. The maximum Gasteiger partial charge on any atom is 0.407 e. The number of aromatic nitrogens is 6. The second-order valence-electron chi connectivity index (χ2n) is 19.7. The Morgan fingerprint density at radius 2 is 1.26 bits per heavy atom. The number of nitrogens with zero attached hydrogens (tertiary/aromatic N) is 12. The number of ether oxygens (including phenoxy) is 2. The van der Waals surface area contributed by atoms with E-state index < -0.39 is 48.2 Å². The lowest BCUT2D eigenvalue weighted by Crippen LogP contribution is -2.54. The van der Waals surface area contributed by atoms with Gasteiger partial charge in [0, 0.05) is 70.8 Å². The highest BCUT2D eigenvalue weighted by Gasteiger charge is 2.37. The van der Waals surface area contributed by atoms with Crippen LogP contribution in [0, 0.1) is 34.5 Å². The van der Waals surface area contributed by atoms with Crippen molar-refractivity contribution in [1.29, 1.82) is 10.5 Å². The van der Waals surface area contributed by atoms with Crippen LogP contribution in [0.2, 0.25) is 0 Å². The number of benzene rings is 1. The molecule has 7 rings (SSSR count). The Balaban J connectivity index is 0.947. The zero-order valence-electron chi connectivity index (χ0n) is 43.3. The van der Waals surface area contributed by atoms with Gasteiger partial charge >= 0.3 is 24.1 Å². The maximum atomic E-state index is 13.5. The van der Waals surface area contributed by atoms with Crippen molar-refractivity contribution in [3.63, 3.8) is 0 Å². The summed E-state index contributed by atoms with van der Waals surface area (Å²) in [6, 6.07) is 12.4. The number of piperidine rings is 2. The van der Waals surface area contributed by atoms with Crippen LogP contribution in [0.4, 0.5) is 31.7 Å². The van der Waals surface area contributed by atoms with Crippen molar-refractivity contribution in [3.05, 3.63) is 67.0 Å². The fraction of sp³-hybridized carbons (Fsp3) is 0.471. The number of nitriles is 2. The quantitative estimate of drug-likeness (QED) is 0.103. The molecule has 2 fully saturated rings. The molecule has 400 valence electrons. The van der Waals surface area contributed by atoms with Gasteiger partial charge in [-0.2, -0.15) is 10.5 Å². The molecule has 25 heteroatoms. The molecule has 76 heavy (non-hydrogen) atoms. The van der Waals surface area contributed by atoms with Crippen molar-refractivity contribution < 1.29 is 43.0 Å². The van der Waals surface area contributed by atoms with Gasteiger partial charge in [-0.25, -0.2) is 34.3 Å². The number of anilines is 3. The number of esters is 1. The van der Waals surface area contributed by atoms with Crippen LogP contribution >= 0.6 is 0 Å². The van der Waals surface area contributed by atoms with E-state index in [1.165, 1.54) is 34.2 Å². The summed E-state index contributed by atoms with van der Waals surface area (Å²) in [5.74, 6) is -0.980. The first kappa shape index (κ1) is 54.9. The van der Waals surface area contributed by atoms with Crippen LogP contribution in [0.5, 0.6) is 0 Å². The van der Waals surface area contributed by atoms with E-state index in [9.17, 15) is 38.8 Å². The van der Waals surface area contributed by atoms with Crippen molar-refractivity contribution in [3.8, 4) is 12.1 Å². The number of carbonyl (C=O) groups excluding carboxylic acids is 7. The molecular weight excluding hydrogens is 981 g/mol. The van der Waals surface area contributed by atoms with Gasteiger partial charge in [-0.15, -0.1) is 0 Å². The summed E-state index contributed by atoms with van der Waals surface area (Å²) in [5, 5.41) is 30.1. The summed E-state index contributed by atoms with van der Waals surface area (Å²) in [6.45, 7) is 8.31. The van der Waals surface area contributed by atoms with E-state index in [-0.39, 0.29) is 67.9 Å². The van der Waals surface area contributed by atoms with Gasteiger partial charge in [0.1, 0.15) is 49.3 Å². The molecule has 2 aliphatic heterocycles. The number of hydrogen-bond donors (Lipinski definition) is 4. The molecule has 1 aromatic carbocycles. The normalized spacial score (nSPS) is 17.4. The number of hydrogen-bond acceptors (Lipinski definition) is 17. The number of likely N-dealkylation sites (tertiary alicyclic amines) is 2. The molecular formula is C51H62N16O9. The largest absolute Gasteiger partial charge is 0.464 e. The molecule has 0 aliphatic carbocycles. The lowest BCUT2D eigenvalue weighted by Gasteiger charge is -2.43. The Kier molecular flexibility index (Phi) is 17.7. The summed E-state index contributed by atoms with van der Waals surface area (Å²) < 4.78 is 13.5. The zero-order chi connectivity index (χ0) is 54.7. The Hall–Kier alpha value is -8.87. The smallest absolute Gasteiger partial charge is 0.407 e. The Labute approximate surface area is 438 Å². The van der Waals surface area contributed by atoms with Gasteiger partial charge in [0.05, 0.1) is 48.1 Å². The molecule has 0 bridgehead atoms. The average molecular weight is 1040 g/mol. The van der Waals surface area contributed by atoms with E-state index in [1.807, 2.05) is 41.1 Å². The van der Waals surface area contributed by atoms with E-state index >= 15 is 0 Å². The Morgan fingerprint density at radius 1 is 0.724 bits per heavy atom. The van der Waals surface area contributed by atoms with E-state index in [1.54, 1.807) is 61.9 Å². The van der Waals surface area contributed by atoms with Crippen LogP contribution in [-0.2, 0) is 35.1 Å². The monoisotopic (exact) mass is 1040 g/mol. The van der Waals surface area contributed by atoms with Gasteiger partial charge in [-0.05, 0) is 75.8 Å². The van der Waals surface area contributed by atoms with Crippen molar-refractivity contribution in [2.24, 2.45) is 11.8 Å². The van der Waals surface area contributed by atoms with Gasteiger partial charge in [0.15, 0.2) is 11.3 Å². The second-order valence-corrected chi connectivity index (χ2v) is 19.7. The van der Waals surface area contributed by atoms with Crippen molar-refractivity contribution in [2.45, 2.75) is 77.5 Å². The third-order valence-corrected chi connectivity index (χ3v) is 13.4. The average Bonchev–Trinajstić information content (AvgIpc) is 4.05. The topological polar surface area (TPSA) is 308 Å². The van der Waals surface area contributed by atoms with Crippen LogP contribution < -0.4 is 31.1 Å². The highest BCUT2D eigenvalue weighted by atomic mass is 16.6. The van der Waals surface area contributed by atoms with Gasteiger partial charge in [0.2, 0.25) is 17.7 Å². The van der Waals surface area contributed by atoms with Crippen molar-refractivity contribution >= 4 is 81.2 Å². The van der Waals surface area contributed by atoms with Gasteiger partial charge in [0.25, 0.3) is 0 Å². The molecule has 4 atom stereocenters. The van der Waals surface area contributed by atoms with Crippen LogP contribution in [0.25, 0.3) is 22.1 Å². The number of carbonyl (C=O) groups is 7. The molecule has 4 aromatic heterocycles. The minimum Gasteiger partial charge on any atom is -0.464 e. The molecule has 0 saturated carbocycles. The van der Waals surface area contributed by atoms with Gasteiger partial charge in [-0.1, -0.05) is 19.1 Å². The first-order chi connectivity index (χ1) is 36.3. The first-order valence-electron chi connectivity index (χ1n) is 24.8. The first-order valence-corrected chi connectivity index (χ1v) is 24.8. The van der Waals surface area contributed by atoms with E-state index in [4.69, 9.17) is 14.7 Å². The minimum absolute atomic E-state index is 0.0876. The lowest BCUT2D eigenvalue weighted by molar-refractivity contribution is -0.145. The molecule has 6 heterocycles. The van der Waals surface area contributed by atoms with Gasteiger partial charge in [-0.3, -0.25) is 28.3 Å². The number of likely N-dealkylation sites (N-methyl/N-ethyl adjacent to an activating group) is 2. The Morgan fingerprint density at radius 3 is 1.83 bits per heavy atom. The number of alkyl carbamates (subject to hydrolysis) is 1. The summed E-state index contributed by atoms with van der Waals surface area (Å²) in [5.41, 5.74) is 1.37. The SMILES string of the molecule is C[C@@H]1CCN(C(=O)CC#N)C[C@@H]1N(C)c1ncnc2c1ccn2C(=O)NCC(=O)OC[C@@H]1CCN(C(=O)CC#N)C[C@@H]1N(C)c1ncnc2c1ccn2C(=O)NCC(=O)Nc1ccc(CCNC(=O)OC(C)(C)C)cc1. The molecule has 0 spiro atoms. The number of nitrogens with one attached hydrogen (secondary N) is 4. The van der Waals surface area contributed by atoms with Crippen molar-refractivity contribution in [2.75, 3.05) is 81.6 Å². The summed E-state index contributed by atoms with van der Waals surface area (Å²) in [6.07, 6.45) is 6.30. The fourth-order valence-corrected chi connectivity index (χ4v) is 9.37.